The van der Waals surface area contributed by atoms with Crippen LogP contribution in [0.25, 0.3) is 0 Å². The highest BCUT2D eigenvalue weighted by Gasteiger charge is 2.21. The number of nitrogens with one attached hydrogen (secondary N) is 3. The van der Waals surface area contributed by atoms with Crippen LogP contribution >= 0.6 is 12.2 Å². The molecule has 0 radical (unpaired) electrons. The number of benzene rings is 1. The molecule has 0 unspecified atom stereocenters. The van der Waals surface area contributed by atoms with Crippen LogP contribution in [0.1, 0.15) is 45.1 Å². The van der Waals surface area contributed by atoms with Gasteiger partial charge in [-0.3, -0.25) is 4.79 Å². The fourth-order valence-corrected chi connectivity index (χ4v) is 3.28. The van der Waals surface area contributed by atoms with Gasteiger partial charge < -0.3 is 16.0 Å². The average molecular weight is 334 g/mol. The van der Waals surface area contributed by atoms with Gasteiger partial charge in [0, 0.05) is 11.7 Å². The number of rotatable bonds is 5. The van der Waals surface area contributed by atoms with E-state index in [0.717, 1.165) is 24.1 Å². The third-order valence-corrected chi connectivity index (χ3v) is 4.77. The summed E-state index contributed by atoms with van der Waals surface area (Å²) >= 11 is 5.32. The molecule has 0 aromatic heterocycles. The Labute approximate surface area is 144 Å². The summed E-state index contributed by atoms with van der Waals surface area (Å²) in [6, 6.07) is 8.29. The maximum atomic E-state index is 12.1. The van der Waals surface area contributed by atoms with Crippen molar-refractivity contribution in [2.24, 2.45) is 5.92 Å². The van der Waals surface area contributed by atoms with Gasteiger partial charge in [-0.25, -0.2) is 0 Å². The second-order valence-electron chi connectivity index (χ2n) is 6.25. The van der Waals surface area contributed by atoms with E-state index in [1.165, 1.54) is 19.3 Å². The highest BCUT2D eigenvalue weighted by molar-refractivity contribution is 7.80. The van der Waals surface area contributed by atoms with Crippen LogP contribution in [0.5, 0.6) is 0 Å². The van der Waals surface area contributed by atoms with Crippen LogP contribution in [0.2, 0.25) is 0 Å². The Kier molecular flexibility index (Phi) is 6.84. The molecule has 1 saturated carbocycles. The van der Waals surface area contributed by atoms with Crippen LogP contribution in [0.3, 0.4) is 0 Å². The van der Waals surface area contributed by atoms with E-state index in [2.05, 4.69) is 29.8 Å². The highest BCUT2D eigenvalue weighted by Crippen LogP contribution is 2.23. The van der Waals surface area contributed by atoms with Gasteiger partial charge in [0.05, 0.1) is 6.54 Å². The lowest BCUT2D eigenvalue weighted by atomic mass is 9.86. The topological polar surface area (TPSA) is 53.2 Å². The summed E-state index contributed by atoms with van der Waals surface area (Å²) < 4.78 is 0. The Morgan fingerprint density at radius 2 is 2.00 bits per heavy atom. The largest absolute Gasteiger partial charge is 0.360 e. The fraction of sp³-hybridized carbons (Fsp3) is 0.556. The number of hydrogen-bond acceptors (Lipinski definition) is 2. The molecule has 1 aromatic carbocycles. The third-order valence-electron chi connectivity index (χ3n) is 4.51. The zero-order valence-corrected chi connectivity index (χ0v) is 14.8. The van der Waals surface area contributed by atoms with E-state index in [0.29, 0.717) is 17.1 Å². The summed E-state index contributed by atoms with van der Waals surface area (Å²) in [5.41, 5.74) is 2.01. The first-order valence-electron chi connectivity index (χ1n) is 8.52. The molecule has 0 heterocycles. The number of anilines is 1. The summed E-state index contributed by atoms with van der Waals surface area (Å²) in [6.45, 7) is 4.52. The molecular weight excluding hydrogens is 306 g/mol. The van der Waals surface area contributed by atoms with Gasteiger partial charge in [0.1, 0.15) is 0 Å². The molecule has 23 heavy (non-hydrogen) atoms. The Hall–Kier alpha value is -1.62. The lowest BCUT2D eigenvalue weighted by Crippen LogP contribution is -2.47. The van der Waals surface area contributed by atoms with Crippen LogP contribution in [0.15, 0.2) is 24.3 Å². The monoisotopic (exact) mass is 333 g/mol. The minimum absolute atomic E-state index is 0.0771. The third kappa shape index (κ3) is 5.50. The van der Waals surface area contributed by atoms with Crippen LogP contribution in [0, 0.1) is 5.92 Å². The number of para-hydroxylation sites is 1. The van der Waals surface area contributed by atoms with Gasteiger partial charge in [0.15, 0.2) is 5.11 Å². The summed E-state index contributed by atoms with van der Waals surface area (Å²) in [7, 11) is 0. The zero-order chi connectivity index (χ0) is 16.7. The number of carbonyl (C=O) groups is 1. The van der Waals surface area contributed by atoms with Crippen LogP contribution in [0.4, 0.5) is 5.69 Å². The number of carbonyl (C=O) groups excluding carboxylic acids is 1. The van der Waals surface area contributed by atoms with Crippen molar-refractivity contribution in [2.75, 3.05) is 11.9 Å². The molecule has 0 aliphatic heterocycles. The first-order valence-corrected chi connectivity index (χ1v) is 8.93. The van der Waals surface area contributed by atoms with Crippen LogP contribution in [-0.4, -0.2) is 23.6 Å². The molecule has 1 amide bonds. The standard InChI is InChI=1S/C18H27N3OS/c1-3-14-9-5-7-11-16(14)20-17(22)12-19-18(23)21-15-10-6-4-8-13(15)2/h5,7,9,11,13,15H,3-4,6,8,10,12H2,1-2H3,(H,20,22)(H2,19,21,23)/t13-,15+/m0/s1. The highest BCUT2D eigenvalue weighted by atomic mass is 32.1. The normalized spacial score (nSPS) is 20.6. The second kappa shape index (κ2) is 8.87. The van der Waals surface area contributed by atoms with Gasteiger partial charge in [0.2, 0.25) is 5.91 Å². The van der Waals surface area contributed by atoms with E-state index < -0.39 is 0 Å². The number of thiocarbonyl (C=S) groups is 1. The molecule has 1 fully saturated rings. The number of hydrogen-bond donors (Lipinski definition) is 3. The summed E-state index contributed by atoms with van der Waals surface area (Å²) in [6.07, 6.45) is 5.84. The van der Waals surface area contributed by atoms with E-state index in [4.69, 9.17) is 12.2 Å². The van der Waals surface area contributed by atoms with E-state index in [1.807, 2.05) is 24.3 Å². The lowest BCUT2D eigenvalue weighted by molar-refractivity contribution is -0.115. The van der Waals surface area contributed by atoms with E-state index in [-0.39, 0.29) is 12.5 Å². The summed E-state index contributed by atoms with van der Waals surface area (Å²) in [5, 5.41) is 9.88. The number of amides is 1. The lowest BCUT2D eigenvalue weighted by Gasteiger charge is -2.30. The van der Waals surface area contributed by atoms with Crippen molar-refractivity contribution in [3.8, 4) is 0 Å². The van der Waals surface area contributed by atoms with Crippen molar-refractivity contribution in [3.63, 3.8) is 0 Å². The van der Waals surface area contributed by atoms with E-state index in [1.54, 1.807) is 0 Å². The van der Waals surface area contributed by atoms with Crippen LogP contribution < -0.4 is 16.0 Å². The smallest absolute Gasteiger partial charge is 0.243 e. The molecule has 0 spiro atoms. The molecule has 4 nitrogen and oxygen atoms in total. The summed E-state index contributed by atoms with van der Waals surface area (Å²) in [4.78, 5) is 12.1. The number of aryl methyl sites for hydroxylation is 1. The summed E-state index contributed by atoms with van der Waals surface area (Å²) in [5.74, 6) is 0.556. The van der Waals surface area contributed by atoms with Crippen LogP contribution in [-0.2, 0) is 11.2 Å². The quantitative estimate of drug-likeness (QED) is 0.724. The Morgan fingerprint density at radius 3 is 2.74 bits per heavy atom. The predicted molar refractivity (Wildman–Crippen MR) is 99.6 cm³/mol. The second-order valence-corrected chi connectivity index (χ2v) is 6.66. The molecule has 2 atom stereocenters. The van der Waals surface area contributed by atoms with E-state index in [9.17, 15) is 4.79 Å². The van der Waals surface area contributed by atoms with Crippen molar-refractivity contribution < 1.29 is 4.79 Å². The first kappa shape index (κ1) is 17.7. The molecule has 3 N–H and O–H groups in total. The van der Waals surface area contributed by atoms with Crippen molar-refractivity contribution >= 4 is 28.9 Å². The van der Waals surface area contributed by atoms with Crippen molar-refractivity contribution in [1.29, 1.82) is 0 Å². The molecule has 1 aromatic rings. The molecule has 2 rings (SSSR count). The average Bonchev–Trinajstić information content (AvgIpc) is 2.55. The van der Waals surface area contributed by atoms with Gasteiger partial charge in [0.25, 0.3) is 0 Å². The predicted octanol–water partition coefficient (Wildman–Crippen LogP) is 3.23. The fourth-order valence-electron chi connectivity index (χ4n) is 3.06. The van der Waals surface area contributed by atoms with Gasteiger partial charge in [-0.05, 0) is 49.0 Å². The van der Waals surface area contributed by atoms with Crippen molar-refractivity contribution in [1.82, 2.24) is 10.6 Å². The molecule has 0 bridgehead atoms. The molecule has 1 aliphatic rings. The Morgan fingerprint density at radius 1 is 1.26 bits per heavy atom. The molecule has 1 aliphatic carbocycles. The maximum absolute atomic E-state index is 12.1. The van der Waals surface area contributed by atoms with Gasteiger partial charge in [-0.2, -0.15) is 0 Å². The Balaban J connectivity index is 1.76. The van der Waals surface area contributed by atoms with E-state index >= 15 is 0 Å². The molecule has 5 heteroatoms. The Bertz CT molecular complexity index is 547. The molecular formula is C18H27N3OS. The molecule has 0 saturated heterocycles. The van der Waals surface area contributed by atoms with Gasteiger partial charge in [-0.1, -0.05) is 44.9 Å². The minimum atomic E-state index is -0.0771. The van der Waals surface area contributed by atoms with Crippen molar-refractivity contribution in [2.45, 2.75) is 52.0 Å². The molecule has 126 valence electrons. The minimum Gasteiger partial charge on any atom is -0.360 e. The first-order chi connectivity index (χ1) is 11.1. The maximum Gasteiger partial charge on any atom is 0.243 e. The van der Waals surface area contributed by atoms with Gasteiger partial charge in [-0.15, -0.1) is 0 Å². The SMILES string of the molecule is CCc1ccccc1NC(=O)CNC(=S)N[C@@H]1CCCC[C@@H]1C. The zero-order valence-electron chi connectivity index (χ0n) is 14.0. The van der Waals surface area contributed by atoms with Crippen molar-refractivity contribution in [3.05, 3.63) is 29.8 Å². The van der Waals surface area contributed by atoms with Gasteiger partial charge >= 0.3 is 0 Å².